The summed E-state index contributed by atoms with van der Waals surface area (Å²) in [4.78, 5) is 29.1. The van der Waals surface area contributed by atoms with E-state index >= 15 is 0 Å². The molecular weight excluding hydrogens is 447 g/mol. The molecule has 0 unspecified atom stereocenters. The van der Waals surface area contributed by atoms with Gasteiger partial charge in [0.2, 0.25) is 10.8 Å². The van der Waals surface area contributed by atoms with E-state index in [-0.39, 0.29) is 34.7 Å². The highest BCUT2D eigenvalue weighted by molar-refractivity contribution is 8.02. The van der Waals surface area contributed by atoms with Crippen molar-refractivity contribution in [2.75, 3.05) is 15.6 Å². The SMILES string of the molecule is Cc1ccc(N2C(=O)CS[C@@]23C(=O)N(Cc2c(F)cccc2Cl)c2ccccc23)cc1C. The normalized spacial score (nSPS) is 19.9. The van der Waals surface area contributed by atoms with Crippen LogP contribution in [0.15, 0.2) is 60.7 Å². The molecule has 32 heavy (non-hydrogen) atoms. The molecule has 1 fully saturated rings. The van der Waals surface area contributed by atoms with E-state index in [1.165, 1.54) is 23.9 Å². The molecule has 0 saturated carbocycles. The average molecular weight is 467 g/mol. The van der Waals surface area contributed by atoms with Crippen LogP contribution in [-0.2, 0) is 21.0 Å². The standard InChI is InChI=1S/C25H20ClFN2O2S/c1-15-10-11-17(12-16(15)2)29-23(30)14-32-25(29)19-6-3-4-9-22(19)28(24(25)31)13-18-20(26)7-5-8-21(18)27/h3-12H,13-14H2,1-2H3/t25-/m0/s1. The highest BCUT2D eigenvalue weighted by Crippen LogP contribution is 2.56. The Labute approximate surface area is 195 Å². The largest absolute Gasteiger partial charge is 0.304 e. The molecule has 1 spiro atoms. The molecule has 0 radical (unpaired) electrons. The molecule has 2 amide bonds. The zero-order valence-corrected chi connectivity index (χ0v) is 19.1. The van der Waals surface area contributed by atoms with E-state index in [1.54, 1.807) is 15.9 Å². The summed E-state index contributed by atoms with van der Waals surface area (Å²) in [6.07, 6.45) is 0. The van der Waals surface area contributed by atoms with Crippen LogP contribution in [0.2, 0.25) is 5.02 Å². The quantitative estimate of drug-likeness (QED) is 0.506. The summed E-state index contributed by atoms with van der Waals surface area (Å²) in [6.45, 7) is 3.97. The zero-order chi connectivity index (χ0) is 22.6. The van der Waals surface area contributed by atoms with Crippen molar-refractivity contribution in [3.8, 4) is 0 Å². The summed E-state index contributed by atoms with van der Waals surface area (Å²) < 4.78 is 14.6. The Morgan fingerprint density at radius 3 is 2.56 bits per heavy atom. The number of para-hydroxylation sites is 1. The number of hydrogen-bond donors (Lipinski definition) is 0. The number of thioether (sulfide) groups is 1. The van der Waals surface area contributed by atoms with Crippen molar-refractivity contribution in [1.29, 1.82) is 0 Å². The van der Waals surface area contributed by atoms with E-state index in [9.17, 15) is 14.0 Å². The molecule has 162 valence electrons. The summed E-state index contributed by atoms with van der Waals surface area (Å²) in [5.74, 6) is -0.689. The zero-order valence-electron chi connectivity index (χ0n) is 17.6. The molecule has 2 aliphatic rings. The molecule has 3 aromatic carbocycles. The van der Waals surface area contributed by atoms with Crippen molar-refractivity contribution in [3.05, 3.63) is 93.8 Å². The van der Waals surface area contributed by atoms with Gasteiger partial charge in [-0.2, -0.15) is 0 Å². The first-order valence-electron chi connectivity index (χ1n) is 10.2. The van der Waals surface area contributed by atoms with E-state index in [1.807, 2.05) is 56.3 Å². The molecule has 0 N–H and O–H groups in total. The molecule has 3 aromatic rings. The van der Waals surface area contributed by atoms with Crippen molar-refractivity contribution in [1.82, 2.24) is 0 Å². The number of nitrogens with zero attached hydrogens (tertiary/aromatic N) is 2. The lowest BCUT2D eigenvalue weighted by molar-refractivity contribution is -0.123. The van der Waals surface area contributed by atoms with Crippen molar-refractivity contribution in [3.63, 3.8) is 0 Å². The van der Waals surface area contributed by atoms with Gasteiger partial charge in [-0.05, 0) is 55.3 Å². The minimum atomic E-state index is -1.23. The van der Waals surface area contributed by atoms with E-state index in [2.05, 4.69) is 0 Å². The third-order valence-corrected chi connectivity index (χ3v) is 7.93. The first kappa shape index (κ1) is 21.0. The maximum Gasteiger partial charge on any atom is 0.269 e. The third kappa shape index (κ3) is 2.97. The molecule has 1 atom stereocenters. The summed E-state index contributed by atoms with van der Waals surface area (Å²) in [6, 6.07) is 17.6. The Morgan fingerprint density at radius 1 is 1.03 bits per heavy atom. The number of carbonyl (C=O) groups excluding carboxylic acids is 2. The van der Waals surface area contributed by atoms with Gasteiger partial charge >= 0.3 is 0 Å². The van der Waals surface area contributed by atoms with Crippen LogP contribution in [0.3, 0.4) is 0 Å². The lowest BCUT2D eigenvalue weighted by Gasteiger charge is -2.33. The van der Waals surface area contributed by atoms with Crippen LogP contribution in [0, 0.1) is 19.7 Å². The van der Waals surface area contributed by atoms with Gasteiger partial charge in [-0.25, -0.2) is 4.39 Å². The molecule has 0 aromatic heterocycles. The molecule has 0 bridgehead atoms. The Hall–Kier alpha value is -2.83. The summed E-state index contributed by atoms with van der Waals surface area (Å²) in [7, 11) is 0. The first-order valence-corrected chi connectivity index (χ1v) is 11.6. The number of anilines is 2. The van der Waals surface area contributed by atoms with E-state index in [0.29, 0.717) is 11.4 Å². The Kier molecular flexibility index (Phi) is 5.02. The van der Waals surface area contributed by atoms with Crippen LogP contribution in [0.5, 0.6) is 0 Å². The number of benzene rings is 3. The summed E-state index contributed by atoms with van der Waals surface area (Å²) >= 11 is 7.57. The third-order valence-electron chi connectivity index (χ3n) is 6.19. The second kappa shape index (κ2) is 7.64. The average Bonchev–Trinajstić information content (AvgIpc) is 3.23. The van der Waals surface area contributed by atoms with E-state index in [4.69, 9.17) is 11.6 Å². The molecule has 4 nitrogen and oxygen atoms in total. The minimum Gasteiger partial charge on any atom is -0.304 e. The lowest BCUT2D eigenvalue weighted by Crippen LogP contribution is -2.49. The van der Waals surface area contributed by atoms with Crippen LogP contribution in [0.1, 0.15) is 22.3 Å². The smallest absolute Gasteiger partial charge is 0.269 e. The minimum absolute atomic E-state index is 0.0153. The fourth-order valence-corrected chi connectivity index (χ4v) is 6.00. The molecule has 2 aliphatic heterocycles. The van der Waals surface area contributed by atoms with Crippen molar-refractivity contribution in [2.24, 2.45) is 0 Å². The van der Waals surface area contributed by atoms with E-state index < -0.39 is 10.7 Å². The van der Waals surface area contributed by atoms with Gasteiger partial charge in [-0.3, -0.25) is 14.5 Å². The van der Waals surface area contributed by atoms with Gasteiger partial charge in [0.25, 0.3) is 5.91 Å². The van der Waals surface area contributed by atoms with Crippen LogP contribution in [0.25, 0.3) is 0 Å². The van der Waals surface area contributed by atoms with Gasteiger partial charge in [0, 0.05) is 21.8 Å². The number of aryl methyl sites for hydroxylation is 2. The lowest BCUT2D eigenvalue weighted by atomic mass is 10.0. The fraction of sp³-hybridized carbons (Fsp3) is 0.200. The van der Waals surface area contributed by atoms with Crippen LogP contribution < -0.4 is 9.80 Å². The second-order valence-corrected chi connectivity index (χ2v) is 9.61. The van der Waals surface area contributed by atoms with Crippen LogP contribution in [0.4, 0.5) is 15.8 Å². The van der Waals surface area contributed by atoms with E-state index in [0.717, 1.165) is 16.7 Å². The highest BCUT2D eigenvalue weighted by atomic mass is 35.5. The number of fused-ring (bicyclic) bond motifs is 2. The van der Waals surface area contributed by atoms with Gasteiger partial charge < -0.3 is 4.90 Å². The Balaban J connectivity index is 1.66. The van der Waals surface area contributed by atoms with Crippen LogP contribution in [-0.4, -0.2) is 17.6 Å². The Morgan fingerprint density at radius 2 is 1.81 bits per heavy atom. The molecule has 2 heterocycles. The molecule has 0 aliphatic carbocycles. The highest BCUT2D eigenvalue weighted by Gasteiger charge is 2.61. The maximum absolute atomic E-state index is 14.6. The van der Waals surface area contributed by atoms with Crippen LogP contribution >= 0.6 is 23.4 Å². The molecule has 7 heteroatoms. The second-order valence-electron chi connectivity index (χ2n) is 8.04. The molecular formula is C25H20ClFN2O2S. The van der Waals surface area contributed by atoms with Gasteiger partial charge in [0.05, 0.1) is 18.0 Å². The predicted octanol–water partition coefficient (Wildman–Crippen LogP) is 5.58. The van der Waals surface area contributed by atoms with Crippen molar-refractivity contribution >= 4 is 46.6 Å². The van der Waals surface area contributed by atoms with Gasteiger partial charge in [0.1, 0.15) is 5.82 Å². The topological polar surface area (TPSA) is 40.6 Å². The van der Waals surface area contributed by atoms with Crippen molar-refractivity contribution in [2.45, 2.75) is 25.3 Å². The van der Waals surface area contributed by atoms with Gasteiger partial charge in [0.15, 0.2) is 0 Å². The predicted molar refractivity (Wildman–Crippen MR) is 127 cm³/mol. The summed E-state index contributed by atoms with van der Waals surface area (Å²) in [5, 5.41) is 0.261. The molecule has 5 rings (SSSR count). The monoisotopic (exact) mass is 466 g/mol. The fourth-order valence-electron chi connectivity index (χ4n) is 4.42. The number of carbonyl (C=O) groups is 2. The van der Waals surface area contributed by atoms with Crippen molar-refractivity contribution < 1.29 is 14.0 Å². The Bertz CT molecular complexity index is 1260. The summed E-state index contributed by atoms with van der Waals surface area (Å²) in [5.41, 5.74) is 4.46. The first-order chi connectivity index (χ1) is 15.3. The number of hydrogen-bond acceptors (Lipinski definition) is 3. The number of halogens is 2. The van der Waals surface area contributed by atoms with Gasteiger partial charge in [-0.15, -0.1) is 11.8 Å². The maximum atomic E-state index is 14.6. The van der Waals surface area contributed by atoms with Gasteiger partial charge in [-0.1, -0.05) is 41.9 Å². The number of rotatable bonds is 3. The number of amides is 2. The molecule has 1 saturated heterocycles.